The third kappa shape index (κ3) is 6.98. The maximum Gasteiger partial charge on any atom is 0.516 e. The number of aliphatic hydroxyl groups excluding tert-OH is 1. The van der Waals surface area contributed by atoms with Crippen molar-refractivity contribution in [2.45, 2.75) is 95.5 Å². The smallest absolute Gasteiger partial charge is 0.468 e. The van der Waals surface area contributed by atoms with Gasteiger partial charge in [-0.3, -0.25) is 9.69 Å². The van der Waals surface area contributed by atoms with Crippen LogP contribution in [0.25, 0.3) is 0 Å². The molecule has 2 heterocycles. The number of carbonyl (C=O) groups is 3. The van der Waals surface area contributed by atoms with E-state index in [0.717, 1.165) is 0 Å². The van der Waals surface area contributed by atoms with Crippen molar-refractivity contribution in [3.8, 4) is 0 Å². The molecule has 0 aromatic heterocycles. The highest BCUT2D eigenvalue weighted by molar-refractivity contribution is 6.74. The van der Waals surface area contributed by atoms with Crippen LogP contribution in [0.1, 0.15) is 47.5 Å². The molecule has 11 heteroatoms. The van der Waals surface area contributed by atoms with E-state index >= 15 is 0 Å². The largest absolute Gasteiger partial charge is 0.516 e. The summed E-state index contributed by atoms with van der Waals surface area (Å²) >= 11 is 0. The maximum atomic E-state index is 12.7. The fourth-order valence-electron chi connectivity index (χ4n) is 3.95. The SMILES string of the molecule is COC(=O)C1C(O)CCN1CC(C)(C)OC(=O)OC(=O)[C@H]1NCC[C@H]1O[Si](C)(C)C(C)(C)C. The van der Waals surface area contributed by atoms with E-state index < -0.39 is 50.2 Å². The van der Waals surface area contributed by atoms with Crippen molar-refractivity contribution in [1.29, 1.82) is 0 Å². The molecule has 2 saturated heterocycles. The van der Waals surface area contributed by atoms with Gasteiger partial charge in [0.15, 0.2) is 8.32 Å². The van der Waals surface area contributed by atoms with E-state index in [1.165, 1.54) is 7.11 Å². The summed E-state index contributed by atoms with van der Waals surface area (Å²) in [5.41, 5.74) is -1.08. The minimum atomic E-state index is -2.11. The van der Waals surface area contributed by atoms with Crippen LogP contribution in [-0.4, -0.2) is 93.1 Å². The summed E-state index contributed by atoms with van der Waals surface area (Å²) in [7, 11) is -0.850. The maximum absolute atomic E-state index is 12.7. The van der Waals surface area contributed by atoms with Crippen molar-refractivity contribution in [3.05, 3.63) is 0 Å². The Bertz CT molecular complexity index is 736. The zero-order valence-electron chi connectivity index (χ0n) is 21.1. The predicted molar refractivity (Wildman–Crippen MR) is 123 cm³/mol. The van der Waals surface area contributed by atoms with Gasteiger partial charge >= 0.3 is 18.1 Å². The Morgan fingerprint density at radius 2 is 1.73 bits per heavy atom. The number of hydrogen-bond acceptors (Lipinski definition) is 10. The van der Waals surface area contributed by atoms with Crippen LogP contribution < -0.4 is 5.32 Å². The minimum absolute atomic E-state index is 0.0157. The van der Waals surface area contributed by atoms with Crippen LogP contribution in [0.3, 0.4) is 0 Å². The van der Waals surface area contributed by atoms with E-state index in [2.05, 4.69) is 39.2 Å². The molecule has 0 aromatic carbocycles. The Balaban J connectivity index is 1.94. The molecule has 0 amide bonds. The lowest BCUT2D eigenvalue weighted by atomic mass is 10.1. The number of carbonyl (C=O) groups excluding carboxylic acids is 3. The van der Waals surface area contributed by atoms with Gasteiger partial charge < -0.3 is 29.1 Å². The normalized spacial score (nSPS) is 26.8. The van der Waals surface area contributed by atoms with E-state index in [1.807, 2.05) is 0 Å². The molecule has 0 radical (unpaired) electrons. The van der Waals surface area contributed by atoms with Gasteiger partial charge in [-0.2, -0.15) is 0 Å². The first-order valence-electron chi connectivity index (χ1n) is 11.4. The van der Waals surface area contributed by atoms with Crippen LogP contribution in [0.5, 0.6) is 0 Å². The van der Waals surface area contributed by atoms with Crippen molar-refractivity contribution < 1.29 is 38.1 Å². The van der Waals surface area contributed by atoms with Crippen LogP contribution in [0, 0.1) is 0 Å². The molecule has 2 fully saturated rings. The highest BCUT2D eigenvalue weighted by Crippen LogP contribution is 2.38. The van der Waals surface area contributed by atoms with E-state index in [9.17, 15) is 19.5 Å². The summed E-state index contributed by atoms with van der Waals surface area (Å²) < 4.78 is 21.5. The second-order valence-corrected chi connectivity index (χ2v) is 15.7. The number of likely N-dealkylation sites (tertiary alicyclic amines) is 1. The molecule has 0 aromatic rings. The van der Waals surface area contributed by atoms with Gasteiger partial charge in [0.25, 0.3) is 0 Å². The zero-order chi connectivity index (χ0) is 25.2. The van der Waals surface area contributed by atoms with Crippen molar-refractivity contribution in [3.63, 3.8) is 0 Å². The van der Waals surface area contributed by atoms with Gasteiger partial charge in [-0.05, 0) is 51.4 Å². The summed E-state index contributed by atoms with van der Waals surface area (Å²) in [5.74, 6) is -1.28. The lowest BCUT2D eigenvalue weighted by Gasteiger charge is -2.39. The third-order valence-electron chi connectivity index (χ3n) is 6.71. The molecule has 2 unspecified atom stereocenters. The average Bonchev–Trinajstić information content (AvgIpc) is 3.25. The van der Waals surface area contributed by atoms with Crippen LogP contribution in [0.2, 0.25) is 18.1 Å². The van der Waals surface area contributed by atoms with E-state index in [1.54, 1.807) is 18.7 Å². The summed E-state index contributed by atoms with van der Waals surface area (Å²) in [6.07, 6.45) is -1.28. The number of hydrogen-bond donors (Lipinski definition) is 2. The standard InChI is InChI=1S/C22H40N2O8Si/c1-21(2,3)33(7,8)32-15-9-11-23-16(15)18(26)30-20(28)31-22(4,5)13-24-12-10-14(25)17(24)19(27)29-6/h14-17,23,25H,9-13H2,1-8H3/t14?,15-,16+,17?/m1/s1. The summed E-state index contributed by atoms with van der Waals surface area (Å²) in [6, 6.07) is -1.57. The number of aliphatic hydroxyl groups is 1. The Kier molecular flexibility index (Phi) is 8.72. The Labute approximate surface area is 197 Å². The molecular weight excluding hydrogens is 448 g/mol. The van der Waals surface area contributed by atoms with Crippen LogP contribution in [0.4, 0.5) is 4.79 Å². The number of methoxy groups -OCH3 is 1. The van der Waals surface area contributed by atoms with Gasteiger partial charge in [-0.15, -0.1) is 0 Å². The molecule has 0 spiro atoms. The number of esters is 2. The second-order valence-electron chi connectivity index (χ2n) is 11.0. The minimum Gasteiger partial charge on any atom is -0.468 e. The third-order valence-corrected chi connectivity index (χ3v) is 11.2. The summed E-state index contributed by atoms with van der Waals surface area (Å²) in [5, 5.41) is 13.1. The molecule has 2 aliphatic rings. The number of nitrogens with one attached hydrogen (secondary N) is 1. The Morgan fingerprint density at radius 3 is 2.30 bits per heavy atom. The Morgan fingerprint density at radius 1 is 1.09 bits per heavy atom. The zero-order valence-corrected chi connectivity index (χ0v) is 22.1. The second kappa shape index (κ2) is 10.4. The molecule has 2 rings (SSSR count). The lowest BCUT2D eigenvalue weighted by Crippen LogP contribution is -2.51. The molecule has 0 bridgehead atoms. The van der Waals surface area contributed by atoms with Crippen molar-refractivity contribution in [1.82, 2.24) is 10.2 Å². The fourth-order valence-corrected chi connectivity index (χ4v) is 5.32. The monoisotopic (exact) mass is 488 g/mol. The molecule has 0 aliphatic carbocycles. The molecule has 33 heavy (non-hydrogen) atoms. The van der Waals surface area contributed by atoms with Gasteiger partial charge in [0, 0.05) is 13.1 Å². The molecule has 0 saturated carbocycles. The highest BCUT2D eigenvalue weighted by Gasteiger charge is 2.45. The van der Waals surface area contributed by atoms with Crippen molar-refractivity contribution in [2.24, 2.45) is 0 Å². The molecule has 2 N–H and O–H groups in total. The summed E-state index contributed by atoms with van der Waals surface area (Å²) in [6.45, 7) is 15.1. The van der Waals surface area contributed by atoms with Gasteiger partial charge in [-0.1, -0.05) is 20.8 Å². The number of rotatable bonds is 7. The van der Waals surface area contributed by atoms with Crippen LogP contribution >= 0.6 is 0 Å². The van der Waals surface area contributed by atoms with E-state index in [4.69, 9.17) is 18.6 Å². The van der Waals surface area contributed by atoms with Crippen LogP contribution in [-0.2, 0) is 28.2 Å². The first-order chi connectivity index (χ1) is 15.1. The quantitative estimate of drug-likeness (QED) is 0.311. The molecule has 2 aliphatic heterocycles. The fraction of sp³-hybridized carbons (Fsp3) is 0.864. The first-order valence-corrected chi connectivity index (χ1v) is 14.3. The topological polar surface area (TPSA) is 124 Å². The summed E-state index contributed by atoms with van der Waals surface area (Å²) in [4.78, 5) is 38.8. The van der Waals surface area contributed by atoms with Gasteiger partial charge in [0.05, 0.1) is 19.3 Å². The van der Waals surface area contributed by atoms with E-state index in [0.29, 0.717) is 25.9 Å². The van der Waals surface area contributed by atoms with E-state index in [-0.39, 0.29) is 17.7 Å². The number of ether oxygens (including phenoxy) is 3. The molecule has 4 atom stereocenters. The van der Waals surface area contributed by atoms with Gasteiger partial charge in [0.2, 0.25) is 0 Å². The lowest BCUT2D eigenvalue weighted by molar-refractivity contribution is -0.150. The van der Waals surface area contributed by atoms with Gasteiger partial charge in [0.1, 0.15) is 17.7 Å². The van der Waals surface area contributed by atoms with Crippen molar-refractivity contribution >= 4 is 26.4 Å². The van der Waals surface area contributed by atoms with Crippen molar-refractivity contribution in [2.75, 3.05) is 26.7 Å². The number of nitrogens with zero attached hydrogens (tertiary/aromatic N) is 1. The van der Waals surface area contributed by atoms with Crippen LogP contribution in [0.15, 0.2) is 0 Å². The predicted octanol–water partition coefficient (Wildman–Crippen LogP) is 1.81. The molecular formula is C22H40N2O8Si. The van der Waals surface area contributed by atoms with Gasteiger partial charge in [-0.25, -0.2) is 9.59 Å². The molecule has 10 nitrogen and oxygen atoms in total. The first kappa shape index (κ1) is 27.7. The highest BCUT2D eigenvalue weighted by atomic mass is 28.4. The molecule has 190 valence electrons. The Hall–Kier alpha value is -1.53. The average molecular weight is 489 g/mol.